The van der Waals surface area contributed by atoms with Crippen LogP contribution in [0.4, 0.5) is 19.0 Å². The summed E-state index contributed by atoms with van der Waals surface area (Å²) in [5, 5.41) is 2.83. The number of rotatable bonds is 7. The number of hydrogen-bond acceptors (Lipinski definition) is 3. The van der Waals surface area contributed by atoms with Crippen LogP contribution >= 0.6 is 0 Å². The van der Waals surface area contributed by atoms with Crippen molar-refractivity contribution in [1.29, 1.82) is 0 Å². The Morgan fingerprint density at radius 2 is 2.16 bits per heavy atom. The maximum Gasteiger partial charge on any atom is 0.416 e. The van der Waals surface area contributed by atoms with Gasteiger partial charge in [-0.05, 0) is 18.9 Å². The van der Waals surface area contributed by atoms with Crippen LogP contribution in [-0.2, 0) is 6.18 Å². The quantitative estimate of drug-likeness (QED) is 0.605. The van der Waals surface area contributed by atoms with E-state index >= 15 is 0 Å². The minimum Gasteiger partial charge on any atom is -0.477 e. The second kappa shape index (κ2) is 7.01. The fourth-order valence-electron chi connectivity index (χ4n) is 1.33. The van der Waals surface area contributed by atoms with Crippen LogP contribution in [0.25, 0.3) is 0 Å². The number of anilines is 1. The molecule has 0 fully saturated rings. The third-order valence-corrected chi connectivity index (χ3v) is 2.26. The fraction of sp³-hybridized carbons (Fsp3) is 0.462. The van der Waals surface area contributed by atoms with E-state index in [1.54, 1.807) is 6.08 Å². The van der Waals surface area contributed by atoms with Gasteiger partial charge in [0.15, 0.2) is 0 Å². The first-order valence-electron chi connectivity index (χ1n) is 6.04. The van der Waals surface area contributed by atoms with Gasteiger partial charge in [0.2, 0.25) is 5.88 Å². The molecule has 1 aromatic rings. The number of halogens is 3. The largest absolute Gasteiger partial charge is 0.477 e. The average molecular weight is 274 g/mol. The van der Waals surface area contributed by atoms with E-state index < -0.39 is 11.7 Å². The summed E-state index contributed by atoms with van der Waals surface area (Å²) in [4.78, 5) is 3.99. The van der Waals surface area contributed by atoms with Gasteiger partial charge < -0.3 is 10.1 Å². The van der Waals surface area contributed by atoms with Crippen molar-refractivity contribution >= 4 is 5.82 Å². The van der Waals surface area contributed by atoms with Gasteiger partial charge in [-0.15, -0.1) is 6.58 Å². The number of hydrogen-bond donors (Lipinski definition) is 1. The Bertz CT molecular complexity index is 419. The number of aromatic nitrogens is 1. The number of nitrogens with zero attached hydrogens (tertiary/aromatic N) is 1. The summed E-state index contributed by atoms with van der Waals surface area (Å²) in [5.41, 5.74) is -0.769. The molecule has 0 amide bonds. The zero-order valence-electron chi connectivity index (χ0n) is 10.8. The van der Waals surface area contributed by atoms with E-state index in [0.29, 0.717) is 13.0 Å². The van der Waals surface area contributed by atoms with Crippen molar-refractivity contribution in [2.45, 2.75) is 25.9 Å². The second-order valence-corrected chi connectivity index (χ2v) is 3.93. The molecule has 6 heteroatoms. The van der Waals surface area contributed by atoms with Crippen molar-refractivity contribution in [2.75, 3.05) is 18.5 Å². The number of pyridine rings is 1. The maximum atomic E-state index is 12.7. The van der Waals surface area contributed by atoms with Crippen LogP contribution in [0, 0.1) is 0 Å². The van der Waals surface area contributed by atoms with Gasteiger partial charge in [0.05, 0.1) is 12.2 Å². The summed E-state index contributed by atoms with van der Waals surface area (Å²) in [7, 11) is 0. The number of ether oxygens (including phenoxy) is 1. The van der Waals surface area contributed by atoms with Gasteiger partial charge in [-0.3, -0.25) is 0 Å². The molecule has 1 rings (SSSR count). The minimum atomic E-state index is -4.41. The highest BCUT2D eigenvalue weighted by Crippen LogP contribution is 2.32. The highest BCUT2D eigenvalue weighted by molar-refractivity contribution is 5.42. The monoisotopic (exact) mass is 274 g/mol. The molecule has 0 aliphatic rings. The highest BCUT2D eigenvalue weighted by Gasteiger charge is 2.31. The average Bonchev–Trinajstić information content (AvgIpc) is 2.35. The third-order valence-electron chi connectivity index (χ3n) is 2.26. The number of alkyl halides is 3. The van der Waals surface area contributed by atoms with Crippen LogP contribution < -0.4 is 10.1 Å². The van der Waals surface area contributed by atoms with Crippen molar-refractivity contribution in [3.63, 3.8) is 0 Å². The predicted octanol–water partition coefficient (Wildman–Crippen LogP) is 3.88. The summed E-state index contributed by atoms with van der Waals surface area (Å²) >= 11 is 0. The lowest BCUT2D eigenvalue weighted by molar-refractivity contribution is -0.137. The van der Waals surface area contributed by atoms with Crippen molar-refractivity contribution in [3.8, 4) is 5.88 Å². The standard InChI is InChI=1S/C13H17F3N2O/c1-3-5-7-19-12-9-10(13(14,15)16)8-11(18-12)17-6-4-2/h3,8-9H,1,4-7H2,2H3,(H,17,18). The molecule has 0 atom stereocenters. The Kier molecular flexibility index (Phi) is 5.66. The van der Waals surface area contributed by atoms with E-state index in [9.17, 15) is 13.2 Å². The molecule has 19 heavy (non-hydrogen) atoms. The van der Waals surface area contributed by atoms with Gasteiger partial charge in [-0.25, -0.2) is 0 Å². The summed E-state index contributed by atoms with van der Waals surface area (Å²) in [6.07, 6.45) is -1.44. The van der Waals surface area contributed by atoms with E-state index in [2.05, 4.69) is 16.9 Å². The van der Waals surface area contributed by atoms with Crippen molar-refractivity contribution in [3.05, 3.63) is 30.4 Å². The minimum absolute atomic E-state index is 0.0321. The van der Waals surface area contributed by atoms with Gasteiger partial charge in [0, 0.05) is 12.6 Å². The van der Waals surface area contributed by atoms with E-state index in [4.69, 9.17) is 4.74 Å². The van der Waals surface area contributed by atoms with E-state index in [1.165, 1.54) is 0 Å². The third kappa shape index (κ3) is 5.19. The van der Waals surface area contributed by atoms with Gasteiger partial charge in [-0.2, -0.15) is 18.2 Å². The highest BCUT2D eigenvalue weighted by atomic mass is 19.4. The zero-order chi connectivity index (χ0) is 14.3. The Labute approximate surface area is 110 Å². The molecule has 0 radical (unpaired) electrons. The molecule has 3 nitrogen and oxygen atoms in total. The molecule has 0 aromatic carbocycles. The van der Waals surface area contributed by atoms with Crippen molar-refractivity contribution in [1.82, 2.24) is 4.98 Å². The SMILES string of the molecule is C=CCCOc1cc(C(F)(F)F)cc(NCCC)n1. The van der Waals surface area contributed by atoms with Crippen molar-refractivity contribution < 1.29 is 17.9 Å². The molecule has 106 valence electrons. The van der Waals surface area contributed by atoms with Gasteiger partial charge >= 0.3 is 6.18 Å². The van der Waals surface area contributed by atoms with Crippen LogP contribution in [-0.4, -0.2) is 18.1 Å². The maximum absolute atomic E-state index is 12.7. The summed E-state index contributed by atoms with van der Waals surface area (Å²) < 4.78 is 43.4. The molecule has 1 aromatic heterocycles. The first-order valence-corrected chi connectivity index (χ1v) is 6.04. The van der Waals surface area contributed by atoms with E-state index in [-0.39, 0.29) is 18.3 Å². The second-order valence-electron chi connectivity index (χ2n) is 3.93. The van der Waals surface area contributed by atoms with Gasteiger partial charge in [0.1, 0.15) is 5.82 Å². The van der Waals surface area contributed by atoms with Crippen LogP contribution in [0.1, 0.15) is 25.3 Å². The predicted molar refractivity (Wildman–Crippen MR) is 68.3 cm³/mol. The summed E-state index contributed by atoms with van der Waals surface area (Å²) in [6, 6.07) is 1.89. The molecule has 0 saturated carbocycles. The van der Waals surface area contributed by atoms with Crippen LogP contribution in [0.2, 0.25) is 0 Å². The fourth-order valence-corrected chi connectivity index (χ4v) is 1.33. The number of nitrogens with one attached hydrogen (secondary N) is 1. The molecular formula is C13H17F3N2O. The van der Waals surface area contributed by atoms with E-state index in [1.807, 2.05) is 6.92 Å². The van der Waals surface area contributed by atoms with Gasteiger partial charge in [-0.1, -0.05) is 13.0 Å². The Hall–Kier alpha value is -1.72. The smallest absolute Gasteiger partial charge is 0.416 e. The molecule has 0 bridgehead atoms. The molecule has 1 N–H and O–H groups in total. The normalized spacial score (nSPS) is 11.2. The Morgan fingerprint density at radius 1 is 1.42 bits per heavy atom. The summed E-state index contributed by atoms with van der Waals surface area (Å²) in [6.45, 7) is 6.24. The molecule has 1 heterocycles. The van der Waals surface area contributed by atoms with Gasteiger partial charge in [0.25, 0.3) is 0 Å². The van der Waals surface area contributed by atoms with Crippen LogP contribution in [0.15, 0.2) is 24.8 Å². The first-order chi connectivity index (χ1) is 8.97. The molecule has 0 aliphatic heterocycles. The molecule has 0 saturated heterocycles. The molecule has 0 spiro atoms. The zero-order valence-corrected chi connectivity index (χ0v) is 10.8. The molecule has 0 unspecified atom stereocenters. The lowest BCUT2D eigenvalue weighted by Gasteiger charge is -2.12. The Morgan fingerprint density at radius 3 is 2.74 bits per heavy atom. The first kappa shape index (κ1) is 15.3. The molecular weight excluding hydrogens is 257 g/mol. The Balaban J connectivity index is 2.91. The topological polar surface area (TPSA) is 34.1 Å². The lowest BCUT2D eigenvalue weighted by atomic mass is 10.2. The van der Waals surface area contributed by atoms with Crippen LogP contribution in [0.3, 0.4) is 0 Å². The lowest BCUT2D eigenvalue weighted by Crippen LogP contribution is -2.10. The van der Waals surface area contributed by atoms with Crippen LogP contribution in [0.5, 0.6) is 5.88 Å². The van der Waals surface area contributed by atoms with Crippen molar-refractivity contribution in [2.24, 2.45) is 0 Å². The summed E-state index contributed by atoms with van der Waals surface area (Å²) in [5.74, 6) is 0.139. The van der Waals surface area contributed by atoms with E-state index in [0.717, 1.165) is 18.6 Å². The molecule has 0 aliphatic carbocycles.